The van der Waals surface area contributed by atoms with Crippen molar-refractivity contribution < 1.29 is 129 Å². The summed E-state index contributed by atoms with van der Waals surface area (Å²) in [5.41, 5.74) is 8.01. The summed E-state index contributed by atoms with van der Waals surface area (Å²) in [6, 6.07) is 52.5. The van der Waals surface area contributed by atoms with Crippen molar-refractivity contribution in [1.29, 1.82) is 0 Å². The Bertz CT molecular complexity index is 3580. The molecule has 0 saturated heterocycles. The van der Waals surface area contributed by atoms with Gasteiger partial charge in [0.2, 0.25) is 0 Å². The third-order valence-corrected chi connectivity index (χ3v) is 10.1. The van der Waals surface area contributed by atoms with Gasteiger partial charge in [-0.3, -0.25) is 43.1 Å². The number of aromatic carboxylic acids is 1. The van der Waals surface area contributed by atoms with Crippen molar-refractivity contribution in [2.75, 3.05) is 0 Å². The van der Waals surface area contributed by atoms with Crippen LogP contribution in [-0.4, -0.2) is 86.9 Å². The van der Waals surface area contributed by atoms with Crippen LogP contribution in [0, 0.1) is 35.9 Å². The van der Waals surface area contributed by atoms with Crippen molar-refractivity contribution in [1.82, 2.24) is 43.2 Å². The number of ketones is 3. The molecule has 0 spiro atoms. The summed E-state index contributed by atoms with van der Waals surface area (Å²) in [4.78, 5) is 60.6. The number of carboxylic acids is 1. The number of hydrogen-bond donors (Lipinski definition) is 4. The molecule has 0 saturated carbocycles. The SMILES string of the molecule is CC(=O)C=C(C)O.CC(=O)C=C(C)O.CC(=O)C=C(C)O.Cn1cnc(-c2[c-]cc(F)cc2F)c1.Cn1cnc(-c2[c-]cccc2)c1.Cn1cnc(-c2[c-]cccc2)c1.O=C(O)c1ccccn1.[Ir].[Ir].[Ir].[Ir].[c-]1ccccc1-c1cn(Cc2ccccc2)cn1. The molecule has 0 aliphatic carbocycles. The van der Waals surface area contributed by atoms with Crippen LogP contribution in [0.3, 0.4) is 0 Å². The number of rotatable bonds is 10. The number of pyridine rings is 1. The first-order chi connectivity index (χ1) is 41.0. The predicted octanol–water partition coefficient (Wildman–Crippen LogP) is 13.2. The average Bonchev–Trinajstić information content (AvgIpc) is 2.65. The Morgan fingerprint density at radius 3 is 1.14 bits per heavy atom. The van der Waals surface area contributed by atoms with Crippen LogP contribution < -0.4 is 0 Å². The predicted molar refractivity (Wildman–Crippen MR) is 327 cm³/mol. The molecule has 10 aromatic rings. The molecule has 0 aliphatic rings. The van der Waals surface area contributed by atoms with E-state index < -0.39 is 17.6 Å². The molecule has 5 aromatic carbocycles. The summed E-state index contributed by atoms with van der Waals surface area (Å²) in [7, 11) is 5.69. The van der Waals surface area contributed by atoms with E-state index >= 15 is 0 Å². The number of imidazole rings is 4. The van der Waals surface area contributed by atoms with Crippen LogP contribution in [0.1, 0.15) is 57.6 Å². The summed E-state index contributed by atoms with van der Waals surface area (Å²) in [6.45, 7) is 9.39. The van der Waals surface area contributed by atoms with E-state index in [1.165, 1.54) is 77.6 Å². The number of benzene rings is 5. The van der Waals surface area contributed by atoms with Gasteiger partial charge >= 0.3 is 5.97 Å². The minimum Gasteiger partial charge on any atom is -0.512 e. The first-order valence-electron chi connectivity index (χ1n) is 26.0. The van der Waals surface area contributed by atoms with Gasteiger partial charge in [-0.05, 0) is 84.0 Å². The molecule has 0 amide bonds. The van der Waals surface area contributed by atoms with Gasteiger partial charge in [-0.1, -0.05) is 48.0 Å². The molecule has 482 valence electrons. The summed E-state index contributed by atoms with van der Waals surface area (Å²) < 4.78 is 33.4. The standard InChI is InChI=1S/C16H13N2.C10H7F2N2.2C10H9N2.C6H5NO2.3C5H8O2.4Ir/c1-3-7-14(8-4-1)11-18-12-16(17-13-18)15-9-5-2-6-10-15;1-14-5-10(13-6-14)8-3-2-7(11)4-9(8)12;2*1-12-7-10(11-8-12)9-5-3-2-4-6-9;8-6(9)5-3-1-2-4-7-5;3*1-4(6)3-5(2)7;;;;/h1-9,12-13H,11H2;2,4-6H,1H3;2*2-5,7-8H,1H3;1-4H,(H,8,9);3*3,6H,1-2H3;;;;/q4*-1;;;;;;;;. The number of aryl methyl sites for hydroxylation is 3. The van der Waals surface area contributed by atoms with Crippen molar-refractivity contribution in [3.63, 3.8) is 0 Å². The number of aliphatic hydroxyl groups excluding tert-OH is 3. The first-order valence-corrected chi connectivity index (χ1v) is 26.0. The fourth-order valence-electron chi connectivity index (χ4n) is 6.70. The van der Waals surface area contributed by atoms with Gasteiger partial charge in [-0.25, -0.2) is 9.78 Å². The summed E-state index contributed by atoms with van der Waals surface area (Å²) in [5, 5.41) is 33.4. The van der Waals surface area contributed by atoms with Gasteiger partial charge in [0.05, 0.1) is 42.6 Å². The summed E-state index contributed by atoms with van der Waals surface area (Å²) in [6.07, 6.45) is 19.6. The Morgan fingerprint density at radius 1 is 0.467 bits per heavy atom. The molecule has 0 aliphatic heterocycles. The van der Waals surface area contributed by atoms with Crippen molar-refractivity contribution in [3.05, 3.63) is 272 Å². The topological polar surface area (TPSA) is 233 Å². The molecule has 5 aromatic heterocycles. The second-order valence-electron chi connectivity index (χ2n) is 18.3. The second-order valence-corrected chi connectivity index (χ2v) is 18.3. The molecule has 5 heterocycles. The number of aliphatic hydroxyl groups is 3. The molecule has 0 fully saturated rings. The van der Waals surface area contributed by atoms with Gasteiger partial charge in [-0.15, -0.1) is 120 Å². The van der Waals surface area contributed by atoms with E-state index in [1.54, 1.807) is 48.9 Å². The van der Waals surface area contributed by atoms with E-state index in [4.69, 9.17) is 20.4 Å². The summed E-state index contributed by atoms with van der Waals surface area (Å²) >= 11 is 0. The van der Waals surface area contributed by atoms with Crippen molar-refractivity contribution in [2.24, 2.45) is 21.1 Å². The van der Waals surface area contributed by atoms with E-state index in [1.807, 2.05) is 121 Å². The molecule has 90 heavy (non-hydrogen) atoms. The van der Waals surface area contributed by atoms with Crippen LogP contribution in [-0.2, 0) is 122 Å². The monoisotopic (exact) mass is 1940 g/mol. The van der Waals surface area contributed by atoms with Crippen LogP contribution in [0.2, 0.25) is 0 Å². The normalized spacial score (nSPS) is 9.97. The molecular weight excluding hydrogens is 1870 g/mol. The van der Waals surface area contributed by atoms with Gasteiger partial charge in [0.15, 0.2) is 17.3 Å². The Morgan fingerprint density at radius 2 is 0.844 bits per heavy atom. The molecule has 0 unspecified atom stereocenters. The van der Waals surface area contributed by atoms with Crippen molar-refractivity contribution in [3.8, 4) is 45.0 Å². The Balaban J connectivity index is 0. The third-order valence-electron chi connectivity index (χ3n) is 10.1. The number of aromatic nitrogens is 9. The minimum atomic E-state index is -0.990. The Labute approximate surface area is 577 Å². The minimum absolute atomic E-state index is 0. The largest absolute Gasteiger partial charge is 0.512 e. The van der Waals surface area contributed by atoms with Crippen molar-refractivity contribution >= 4 is 23.3 Å². The number of allylic oxidation sites excluding steroid dienone is 6. The van der Waals surface area contributed by atoms with Gasteiger partial charge in [0, 0.05) is 167 Å². The zero-order valence-corrected chi connectivity index (χ0v) is 60.0. The van der Waals surface area contributed by atoms with E-state index in [0.717, 1.165) is 52.4 Å². The van der Waals surface area contributed by atoms with Gasteiger partial charge in [0.25, 0.3) is 0 Å². The van der Waals surface area contributed by atoms with Gasteiger partial charge < -0.3 is 38.7 Å². The van der Waals surface area contributed by atoms with Crippen LogP contribution in [0.25, 0.3) is 45.0 Å². The van der Waals surface area contributed by atoms with Crippen molar-refractivity contribution in [2.45, 2.75) is 48.1 Å². The smallest absolute Gasteiger partial charge is 0.354 e. The molecular formula is C67H67F2Ir4N9O8-4. The average molecular weight is 1930 g/mol. The maximum atomic E-state index is 13.2. The van der Waals surface area contributed by atoms with Gasteiger partial charge in [-0.2, -0.15) is 0 Å². The van der Waals surface area contributed by atoms with Crippen LogP contribution in [0.5, 0.6) is 0 Å². The van der Waals surface area contributed by atoms with Crippen LogP contribution in [0.4, 0.5) is 8.78 Å². The molecule has 4 N–H and O–H groups in total. The number of hydrogen-bond acceptors (Lipinski definition) is 12. The Hall–Kier alpha value is -8.35. The quantitative estimate of drug-likeness (QED) is 0.0567. The number of carboxylic acid groups (broad SMARTS) is 1. The van der Waals surface area contributed by atoms with E-state index in [-0.39, 0.29) is 126 Å². The Kier molecular flexibility index (Phi) is 43.5. The zero-order chi connectivity index (χ0) is 63.4. The molecule has 4 radical (unpaired) electrons. The number of nitrogens with zero attached hydrogens (tertiary/aromatic N) is 9. The van der Waals surface area contributed by atoms with E-state index in [9.17, 15) is 28.0 Å². The van der Waals surface area contributed by atoms with Gasteiger partial charge in [0.1, 0.15) is 5.69 Å². The number of carbonyl (C=O) groups excluding carboxylic acids is 3. The summed E-state index contributed by atoms with van der Waals surface area (Å²) in [5.74, 6) is -2.46. The first kappa shape index (κ1) is 83.7. The fourth-order valence-corrected chi connectivity index (χ4v) is 6.70. The maximum absolute atomic E-state index is 13.2. The number of carbonyl (C=O) groups is 4. The number of halogens is 2. The van der Waals surface area contributed by atoms with Crippen LogP contribution in [0.15, 0.2) is 225 Å². The molecule has 0 atom stereocenters. The maximum Gasteiger partial charge on any atom is 0.354 e. The van der Waals surface area contributed by atoms with Crippen LogP contribution >= 0.6 is 0 Å². The molecule has 23 heteroatoms. The fraction of sp³-hybridized carbons (Fsp3) is 0.149. The second kappa shape index (κ2) is 46.7. The zero-order valence-electron chi connectivity index (χ0n) is 50.4. The molecule has 10 rings (SSSR count). The van der Waals surface area contributed by atoms with E-state index in [0.29, 0.717) is 5.69 Å². The third kappa shape index (κ3) is 36.2. The molecule has 17 nitrogen and oxygen atoms in total. The van der Waals surface area contributed by atoms with E-state index in [2.05, 4.69) is 84.2 Å². The molecule has 0 bridgehead atoms.